The van der Waals surface area contributed by atoms with Gasteiger partial charge in [0.1, 0.15) is 0 Å². The molecule has 104 valence electrons. The minimum Gasteiger partial charge on any atom is -0.330 e. The van der Waals surface area contributed by atoms with Crippen LogP contribution in [-0.4, -0.2) is 16.3 Å². The Hall–Kier alpha value is -0.830. The van der Waals surface area contributed by atoms with Gasteiger partial charge in [-0.25, -0.2) is 0 Å². The van der Waals surface area contributed by atoms with Crippen LogP contribution in [0.5, 0.6) is 0 Å². The van der Waals surface area contributed by atoms with Crippen molar-refractivity contribution in [1.29, 1.82) is 0 Å². The van der Waals surface area contributed by atoms with Gasteiger partial charge in [0.2, 0.25) is 0 Å². The average Bonchev–Trinajstić information content (AvgIpc) is 2.69. The number of aryl methyl sites for hydroxylation is 1. The quantitative estimate of drug-likeness (QED) is 0.906. The van der Waals surface area contributed by atoms with E-state index >= 15 is 0 Å². The summed E-state index contributed by atoms with van der Waals surface area (Å²) in [7, 11) is 2.06. The van der Waals surface area contributed by atoms with E-state index in [1.54, 1.807) is 0 Å². The normalized spacial score (nSPS) is 40.0. The predicted octanol–water partition coefficient (Wildman–Crippen LogP) is 2.46. The first kappa shape index (κ1) is 12.0. The molecule has 2 N–H and O–H groups in total. The Balaban J connectivity index is 1.68. The third-order valence-corrected chi connectivity index (χ3v) is 5.89. The number of aromatic nitrogens is 2. The highest BCUT2D eigenvalue weighted by Crippen LogP contribution is 2.59. The topological polar surface area (TPSA) is 43.8 Å². The minimum atomic E-state index is 0.742. The Morgan fingerprint density at radius 1 is 1.16 bits per heavy atom. The highest BCUT2D eigenvalue weighted by Gasteiger charge is 2.49. The summed E-state index contributed by atoms with van der Waals surface area (Å²) in [6.07, 6.45) is 10.6. The summed E-state index contributed by atoms with van der Waals surface area (Å²) in [5.74, 6) is 4.67. The Morgan fingerprint density at radius 2 is 1.79 bits per heavy atom. The molecule has 1 aromatic rings. The zero-order valence-electron chi connectivity index (χ0n) is 11.9. The van der Waals surface area contributed by atoms with E-state index in [4.69, 9.17) is 10.8 Å². The molecule has 0 aromatic carbocycles. The third-order valence-electron chi connectivity index (χ3n) is 5.89. The van der Waals surface area contributed by atoms with Crippen molar-refractivity contribution in [2.45, 2.75) is 44.4 Å². The molecular formula is C16H25N3. The summed E-state index contributed by atoms with van der Waals surface area (Å²) in [5, 5.41) is 4.84. The molecule has 5 rings (SSSR count). The van der Waals surface area contributed by atoms with Crippen molar-refractivity contribution in [1.82, 2.24) is 9.78 Å². The van der Waals surface area contributed by atoms with Gasteiger partial charge in [-0.2, -0.15) is 5.10 Å². The second-order valence-electron chi connectivity index (χ2n) is 7.21. The lowest BCUT2D eigenvalue weighted by molar-refractivity contribution is -0.00457. The molecule has 0 amide bonds. The molecule has 0 radical (unpaired) electrons. The van der Waals surface area contributed by atoms with E-state index in [-0.39, 0.29) is 0 Å². The number of nitrogens with zero attached hydrogens (tertiary/aromatic N) is 2. The van der Waals surface area contributed by atoms with E-state index < -0.39 is 0 Å². The van der Waals surface area contributed by atoms with Gasteiger partial charge in [-0.15, -0.1) is 0 Å². The number of rotatable bonds is 3. The van der Waals surface area contributed by atoms with Crippen LogP contribution in [0.3, 0.4) is 0 Å². The first-order valence-electron chi connectivity index (χ1n) is 7.97. The van der Waals surface area contributed by atoms with E-state index in [9.17, 15) is 0 Å². The van der Waals surface area contributed by atoms with E-state index in [0.717, 1.165) is 42.6 Å². The van der Waals surface area contributed by atoms with Gasteiger partial charge in [-0.1, -0.05) is 0 Å². The lowest BCUT2D eigenvalue weighted by Crippen LogP contribution is -2.44. The van der Waals surface area contributed by atoms with Crippen molar-refractivity contribution in [3.63, 3.8) is 0 Å². The maximum atomic E-state index is 5.78. The molecule has 0 spiro atoms. The summed E-state index contributed by atoms with van der Waals surface area (Å²) in [4.78, 5) is 0. The smallest absolute Gasteiger partial charge is 0.0693 e. The van der Waals surface area contributed by atoms with Crippen molar-refractivity contribution in [3.8, 4) is 0 Å². The molecule has 4 aliphatic carbocycles. The highest BCUT2D eigenvalue weighted by molar-refractivity contribution is 5.25. The summed E-state index contributed by atoms with van der Waals surface area (Å²) >= 11 is 0. The molecule has 0 atom stereocenters. The van der Waals surface area contributed by atoms with Gasteiger partial charge < -0.3 is 5.73 Å². The van der Waals surface area contributed by atoms with Crippen LogP contribution in [0.2, 0.25) is 0 Å². The molecule has 19 heavy (non-hydrogen) atoms. The fourth-order valence-corrected chi connectivity index (χ4v) is 5.56. The van der Waals surface area contributed by atoms with Gasteiger partial charge >= 0.3 is 0 Å². The maximum Gasteiger partial charge on any atom is 0.0693 e. The number of hydrogen-bond acceptors (Lipinski definition) is 2. The SMILES string of the molecule is Cn1cc(CCN)c(C2C3CC4CC(C3)CC2C4)n1. The van der Waals surface area contributed by atoms with E-state index in [2.05, 4.69) is 13.2 Å². The largest absolute Gasteiger partial charge is 0.330 e. The van der Waals surface area contributed by atoms with Crippen LogP contribution in [0, 0.1) is 23.7 Å². The van der Waals surface area contributed by atoms with Crippen molar-refractivity contribution < 1.29 is 0 Å². The third kappa shape index (κ3) is 1.85. The minimum absolute atomic E-state index is 0.742. The Morgan fingerprint density at radius 3 is 2.37 bits per heavy atom. The van der Waals surface area contributed by atoms with Crippen molar-refractivity contribution >= 4 is 0 Å². The zero-order valence-corrected chi connectivity index (χ0v) is 11.9. The maximum absolute atomic E-state index is 5.78. The van der Waals surface area contributed by atoms with Crippen LogP contribution >= 0.6 is 0 Å². The summed E-state index contributed by atoms with van der Waals surface area (Å²) in [6.45, 7) is 0.742. The molecule has 3 nitrogen and oxygen atoms in total. The zero-order chi connectivity index (χ0) is 13.0. The molecule has 0 aliphatic heterocycles. The summed E-state index contributed by atoms with van der Waals surface area (Å²) < 4.78 is 2.01. The molecule has 4 aliphatic rings. The van der Waals surface area contributed by atoms with Crippen LogP contribution in [-0.2, 0) is 13.5 Å². The highest BCUT2D eigenvalue weighted by atomic mass is 15.3. The van der Waals surface area contributed by atoms with Crippen LogP contribution < -0.4 is 5.73 Å². The number of nitrogens with two attached hydrogens (primary N) is 1. The molecule has 4 fully saturated rings. The van der Waals surface area contributed by atoms with Gasteiger partial charge in [0.05, 0.1) is 5.69 Å². The van der Waals surface area contributed by atoms with Gasteiger partial charge in [0.25, 0.3) is 0 Å². The van der Waals surface area contributed by atoms with Crippen molar-refractivity contribution in [2.75, 3.05) is 6.54 Å². The molecule has 3 heteroatoms. The standard InChI is InChI=1S/C16H25N3/c1-19-9-12(2-3-17)16(18-19)15-13-5-10-4-11(7-13)8-14(15)6-10/h9-11,13-15H,2-8,17H2,1H3. The van der Waals surface area contributed by atoms with Gasteiger partial charge in [0.15, 0.2) is 0 Å². The first-order chi connectivity index (χ1) is 9.24. The fraction of sp³-hybridized carbons (Fsp3) is 0.812. The van der Waals surface area contributed by atoms with Crippen molar-refractivity contribution in [3.05, 3.63) is 17.5 Å². The van der Waals surface area contributed by atoms with E-state index in [1.807, 2.05) is 4.68 Å². The molecular weight excluding hydrogens is 234 g/mol. The lowest BCUT2D eigenvalue weighted by atomic mass is 9.51. The van der Waals surface area contributed by atoms with Crippen LogP contribution in [0.1, 0.15) is 49.3 Å². The van der Waals surface area contributed by atoms with Crippen LogP contribution in [0.25, 0.3) is 0 Å². The molecule has 1 heterocycles. The monoisotopic (exact) mass is 259 g/mol. The first-order valence-corrected chi connectivity index (χ1v) is 7.97. The Bertz CT molecular complexity index is 448. The summed E-state index contributed by atoms with van der Waals surface area (Å²) in [5.41, 5.74) is 8.60. The average molecular weight is 259 g/mol. The summed E-state index contributed by atoms with van der Waals surface area (Å²) in [6, 6.07) is 0. The lowest BCUT2D eigenvalue weighted by Gasteiger charge is -2.54. The van der Waals surface area contributed by atoms with Crippen LogP contribution in [0.4, 0.5) is 0 Å². The van der Waals surface area contributed by atoms with Crippen molar-refractivity contribution in [2.24, 2.45) is 36.5 Å². The van der Waals surface area contributed by atoms with E-state index in [0.29, 0.717) is 0 Å². The van der Waals surface area contributed by atoms with Gasteiger partial charge in [0, 0.05) is 19.2 Å². The Labute approximate surface area is 115 Å². The van der Waals surface area contributed by atoms with Gasteiger partial charge in [-0.05, 0) is 74.3 Å². The number of hydrogen-bond donors (Lipinski definition) is 1. The molecule has 4 bridgehead atoms. The van der Waals surface area contributed by atoms with Crippen LogP contribution in [0.15, 0.2) is 6.20 Å². The van der Waals surface area contributed by atoms with Gasteiger partial charge in [-0.3, -0.25) is 4.68 Å². The molecule has 4 saturated carbocycles. The Kier molecular flexibility index (Phi) is 2.73. The van der Waals surface area contributed by atoms with E-state index in [1.165, 1.54) is 43.4 Å². The molecule has 0 saturated heterocycles. The molecule has 1 aromatic heterocycles. The predicted molar refractivity (Wildman–Crippen MR) is 75.8 cm³/mol. The molecule has 0 unspecified atom stereocenters. The fourth-order valence-electron chi connectivity index (χ4n) is 5.56. The second-order valence-corrected chi connectivity index (χ2v) is 7.21. The second kappa shape index (κ2) is 4.34.